The van der Waals surface area contributed by atoms with Crippen LogP contribution in [0.25, 0.3) is 0 Å². The largest absolute Gasteiger partial charge is 0.382 e. The molecule has 2 rings (SSSR count). The van der Waals surface area contributed by atoms with Gasteiger partial charge < -0.3 is 10.6 Å². The third-order valence-corrected chi connectivity index (χ3v) is 2.81. The number of para-hydroxylation sites is 1. The van der Waals surface area contributed by atoms with Gasteiger partial charge in [-0.1, -0.05) is 39.0 Å². The molecule has 0 aromatic heterocycles. The van der Waals surface area contributed by atoms with Crippen LogP contribution in [0.2, 0.25) is 0 Å². The molecule has 1 aromatic rings. The highest BCUT2D eigenvalue weighted by molar-refractivity contribution is 5.49. The Morgan fingerprint density at radius 3 is 2.29 bits per heavy atom. The molecule has 1 aliphatic rings. The van der Waals surface area contributed by atoms with Crippen molar-refractivity contribution in [3.8, 4) is 0 Å². The van der Waals surface area contributed by atoms with Crippen LogP contribution in [-0.2, 0) is 0 Å². The molecule has 1 heterocycles. The van der Waals surface area contributed by atoms with E-state index >= 15 is 0 Å². The maximum atomic E-state index is 3.46. The number of hydrogen-bond acceptors (Lipinski definition) is 2. The molecule has 17 heavy (non-hydrogen) atoms. The minimum absolute atomic E-state index is 0.189. The average molecular weight is 228 g/mol. The summed E-state index contributed by atoms with van der Waals surface area (Å²) >= 11 is 0. The molecule has 0 aliphatic carbocycles. The second-order valence-electron chi connectivity index (χ2n) is 5.37. The van der Waals surface area contributed by atoms with Crippen molar-refractivity contribution in [2.75, 3.05) is 11.9 Å². The van der Waals surface area contributed by atoms with Crippen molar-refractivity contribution in [2.24, 2.45) is 5.41 Å². The lowest BCUT2D eigenvalue weighted by Gasteiger charge is -2.27. The number of dihydropyridines is 1. The SMILES string of the molecule is CC(C)(C)C1=CC=C(Nc2ccccc2)CN1. The lowest BCUT2D eigenvalue weighted by atomic mass is 9.90. The van der Waals surface area contributed by atoms with Crippen molar-refractivity contribution in [3.05, 3.63) is 53.9 Å². The Kier molecular flexibility index (Phi) is 3.23. The Morgan fingerprint density at radius 1 is 1.06 bits per heavy atom. The predicted molar refractivity (Wildman–Crippen MR) is 73.7 cm³/mol. The van der Waals surface area contributed by atoms with Crippen molar-refractivity contribution >= 4 is 5.69 Å². The molecule has 0 saturated carbocycles. The molecule has 1 aromatic carbocycles. The third-order valence-electron chi connectivity index (χ3n) is 2.81. The summed E-state index contributed by atoms with van der Waals surface area (Å²) in [4.78, 5) is 0. The fourth-order valence-corrected chi connectivity index (χ4v) is 1.80. The number of allylic oxidation sites excluding steroid dienone is 3. The van der Waals surface area contributed by atoms with Crippen LogP contribution < -0.4 is 10.6 Å². The van der Waals surface area contributed by atoms with Crippen LogP contribution in [0.15, 0.2) is 53.9 Å². The summed E-state index contributed by atoms with van der Waals surface area (Å²) in [6.07, 6.45) is 4.32. The van der Waals surface area contributed by atoms with Gasteiger partial charge in [-0.15, -0.1) is 0 Å². The second kappa shape index (κ2) is 4.66. The highest BCUT2D eigenvalue weighted by Crippen LogP contribution is 2.25. The van der Waals surface area contributed by atoms with E-state index in [1.54, 1.807) is 0 Å². The van der Waals surface area contributed by atoms with Gasteiger partial charge in [0.2, 0.25) is 0 Å². The van der Waals surface area contributed by atoms with E-state index in [-0.39, 0.29) is 5.41 Å². The summed E-state index contributed by atoms with van der Waals surface area (Å²) in [6, 6.07) is 10.2. The zero-order valence-electron chi connectivity index (χ0n) is 10.7. The summed E-state index contributed by atoms with van der Waals surface area (Å²) < 4.78 is 0. The first-order valence-electron chi connectivity index (χ1n) is 6.03. The zero-order chi connectivity index (χ0) is 12.3. The standard InChI is InChI=1S/C15H20N2/c1-15(2,3)14-10-9-13(11-16-14)17-12-7-5-4-6-8-12/h4-10,16-17H,11H2,1-3H3. The van der Waals surface area contributed by atoms with E-state index in [0.717, 1.165) is 12.2 Å². The first kappa shape index (κ1) is 11.8. The highest BCUT2D eigenvalue weighted by Gasteiger charge is 2.18. The smallest absolute Gasteiger partial charge is 0.0548 e. The van der Waals surface area contributed by atoms with Crippen LogP contribution >= 0.6 is 0 Å². The van der Waals surface area contributed by atoms with Crippen molar-refractivity contribution in [2.45, 2.75) is 20.8 Å². The lowest BCUT2D eigenvalue weighted by Crippen LogP contribution is -2.30. The molecule has 1 aliphatic heterocycles. The van der Waals surface area contributed by atoms with Crippen molar-refractivity contribution in [3.63, 3.8) is 0 Å². The van der Waals surface area contributed by atoms with Crippen LogP contribution in [0.4, 0.5) is 5.69 Å². The van der Waals surface area contributed by atoms with E-state index in [0.29, 0.717) is 0 Å². The van der Waals surface area contributed by atoms with Crippen molar-refractivity contribution < 1.29 is 0 Å². The summed E-state index contributed by atoms with van der Waals surface area (Å²) in [5.41, 5.74) is 3.81. The normalized spacial score (nSPS) is 15.7. The first-order valence-corrected chi connectivity index (χ1v) is 6.03. The van der Waals surface area contributed by atoms with E-state index in [1.807, 2.05) is 18.2 Å². The van der Waals surface area contributed by atoms with Crippen molar-refractivity contribution in [1.82, 2.24) is 5.32 Å². The number of benzene rings is 1. The average Bonchev–Trinajstić information content (AvgIpc) is 2.30. The Morgan fingerprint density at radius 2 is 1.76 bits per heavy atom. The van der Waals surface area contributed by atoms with E-state index in [4.69, 9.17) is 0 Å². The van der Waals surface area contributed by atoms with E-state index in [9.17, 15) is 0 Å². The van der Waals surface area contributed by atoms with Gasteiger partial charge in [-0.2, -0.15) is 0 Å². The Hall–Kier alpha value is -1.70. The van der Waals surface area contributed by atoms with Crippen LogP contribution in [0.5, 0.6) is 0 Å². The monoisotopic (exact) mass is 228 g/mol. The van der Waals surface area contributed by atoms with Gasteiger partial charge in [0.25, 0.3) is 0 Å². The fraction of sp³-hybridized carbons (Fsp3) is 0.333. The Labute approximate surface area is 103 Å². The molecule has 2 nitrogen and oxygen atoms in total. The summed E-state index contributed by atoms with van der Waals surface area (Å²) in [5.74, 6) is 0. The number of hydrogen-bond donors (Lipinski definition) is 2. The summed E-state index contributed by atoms with van der Waals surface area (Å²) in [5, 5.41) is 6.87. The highest BCUT2D eigenvalue weighted by atomic mass is 15.0. The molecular formula is C15H20N2. The molecule has 90 valence electrons. The number of anilines is 1. The van der Waals surface area contributed by atoms with Crippen molar-refractivity contribution in [1.29, 1.82) is 0 Å². The van der Waals surface area contributed by atoms with Gasteiger partial charge >= 0.3 is 0 Å². The van der Waals surface area contributed by atoms with Gasteiger partial charge in [-0.05, 0) is 24.3 Å². The quantitative estimate of drug-likeness (QED) is 0.809. The maximum Gasteiger partial charge on any atom is 0.0548 e. The second-order valence-corrected chi connectivity index (χ2v) is 5.37. The lowest BCUT2D eigenvalue weighted by molar-refractivity contribution is 0.463. The van der Waals surface area contributed by atoms with E-state index in [1.165, 1.54) is 11.4 Å². The Bertz CT molecular complexity index is 436. The minimum Gasteiger partial charge on any atom is -0.382 e. The molecule has 0 fully saturated rings. The summed E-state index contributed by atoms with van der Waals surface area (Å²) in [6.45, 7) is 7.51. The fourth-order valence-electron chi connectivity index (χ4n) is 1.80. The number of rotatable bonds is 2. The van der Waals surface area contributed by atoms with E-state index in [2.05, 4.69) is 55.7 Å². The van der Waals surface area contributed by atoms with Gasteiger partial charge in [0.15, 0.2) is 0 Å². The molecule has 0 spiro atoms. The molecule has 0 amide bonds. The van der Waals surface area contributed by atoms with Gasteiger partial charge in [0.05, 0.1) is 6.54 Å². The molecular weight excluding hydrogens is 208 g/mol. The molecule has 2 N–H and O–H groups in total. The molecule has 2 heteroatoms. The van der Waals surface area contributed by atoms with E-state index < -0.39 is 0 Å². The van der Waals surface area contributed by atoms with Gasteiger partial charge in [0.1, 0.15) is 0 Å². The predicted octanol–water partition coefficient (Wildman–Crippen LogP) is 3.52. The van der Waals surface area contributed by atoms with Gasteiger partial charge in [-0.3, -0.25) is 0 Å². The topological polar surface area (TPSA) is 24.1 Å². The van der Waals surface area contributed by atoms with Crippen LogP contribution in [-0.4, -0.2) is 6.54 Å². The molecule has 0 bridgehead atoms. The molecule has 0 saturated heterocycles. The number of nitrogens with one attached hydrogen (secondary N) is 2. The molecule has 0 radical (unpaired) electrons. The minimum atomic E-state index is 0.189. The summed E-state index contributed by atoms with van der Waals surface area (Å²) in [7, 11) is 0. The van der Waals surface area contributed by atoms with Crippen LogP contribution in [0.3, 0.4) is 0 Å². The first-order chi connectivity index (χ1) is 8.05. The Balaban J connectivity index is 2.06. The van der Waals surface area contributed by atoms with Gasteiger partial charge in [-0.25, -0.2) is 0 Å². The molecule has 0 unspecified atom stereocenters. The van der Waals surface area contributed by atoms with Gasteiger partial charge in [0, 0.05) is 22.5 Å². The maximum absolute atomic E-state index is 3.46. The van der Waals surface area contributed by atoms with Crippen LogP contribution in [0.1, 0.15) is 20.8 Å². The van der Waals surface area contributed by atoms with Crippen LogP contribution in [0, 0.1) is 5.41 Å². The molecule has 0 atom stereocenters. The zero-order valence-corrected chi connectivity index (χ0v) is 10.7. The third kappa shape index (κ3) is 3.13.